The average Bonchev–Trinajstić information content (AvgIpc) is 3.48. The topological polar surface area (TPSA) is 83.1 Å². The molecule has 9 heteroatoms. The summed E-state index contributed by atoms with van der Waals surface area (Å²) in [7, 11) is 3.32. The van der Waals surface area contributed by atoms with E-state index in [4.69, 9.17) is 9.47 Å². The maximum absolute atomic E-state index is 12.8. The van der Waals surface area contributed by atoms with Crippen LogP contribution in [0.1, 0.15) is 23.4 Å². The van der Waals surface area contributed by atoms with Crippen LogP contribution in [0.3, 0.4) is 0 Å². The van der Waals surface area contributed by atoms with Crippen molar-refractivity contribution in [3.8, 4) is 11.5 Å². The minimum Gasteiger partial charge on any atom is -0.497 e. The molecule has 2 atom stereocenters. The van der Waals surface area contributed by atoms with Crippen LogP contribution in [0.2, 0.25) is 0 Å². The van der Waals surface area contributed by atoms with Gasteiger partial charge in [-0.15, -0.1) is 11.3 Å². The summed E-state index contributed by atoms with van der Waals surface area (Å²) in [6.07, 6.45) is 0.632. The highest BCUT2D eigenvalue weighted by molar-refractivity contribution is 7.10. The molecule has 38 heavy (non-hydrogen) atoms. The average molecular weight is 537 g/mol. The van der Waals surface area contributed by atoms with Crippen molar-refractivity contribution in [2.24, 2.45) is 0 Å². The van der Waals surface area contributed by atoms with Crippen molar-refractivity contribution in [2.45, 2.75) is 25.4 Å². The molecule has 0 saturated carbocycles. The van der Waals surface area contributed by atoms with Crippen LogP contribution in [0.15, 0.2) is 66.0 Å². The van der Waals surface area contributed by atoms with Crippen LogP contribution in [-0.4, -0.2) is 69.7 Å². The van der Waals surface area contributed by atoms with Crippen LogP contribution in [-0.2, 0) is 16.0 Å². The maximum atomic E-state index is 12.8. The van der Waals surface area contributed by atoms with E-state index in [2.05, 4.69) is 32.6 Å². The molecule has 4 rings (SSSR count). The third-order valence-electron chi connectivity index (χ3n) is 6.87. The monoisotopic (exact) mass is 536 g/mol. The normalized spacial score (nSPS) is 15.4. The third kappa shape index (κ3) is 6.85. The van der Waals surface area contributed by atoms with Crippen LogP contribution in [0, 0.1) is 0 Å². The predicted octanol–water partition coefficient (Wildman–Crippen LogP) is 3.49. The van der Waals surface area contributed by atoms with Gasteiger partial charge in [0.2, 0.25) is 0 Å². The first-order chi connectivity index (χ1) is 18.5. The number of thiophene rings is 1. The van der Waals surface area contributed by atoms with E-state index in [0.717, 1.165) is 48.9 Å². The maximum Gasteiger partial charge on any atom is 0.309 e. The van der Waals surface area contributed by atoms with Gasteiger partial charge in [-0.1, -0.05) is 30.3 Å². The van der Waals surface area contributed by atoms with E-state index >= 15 is 0 Å². The molecular formula is C29H36N4O4S. The molecule has 2 amide bonds. The first kappa shape index (κ1) is 27.5. The largest absolute Gasteiger partial charge is 0.497 e. The molecule has 1 saturated heterocycles. The van der Waals surface area contributed by atoms with Crippen LogP contribution < -0.4 is 25.0 Å². The van der Waals surface area contributed by atoms with Crippen molar-refractivity contribution in [3.63, 3.8) is 0 Å². The summed E-state index contributed by atoms with van der Waals surface area (Å²) in [5, 5.41) is 7.74. The smallest absolute Gasteiger partial charge is 0.309 e. The van der Waals surface area contributed by atoms with Gasteiger partial charge >= 0.3 is 11.8 Å². The van der Waals surface area contributed by atoms with Crippen LogP contribution in [0.25, 0.3) is 0 Å². The number of hydrogen-bond acceptors (Lipinski definition) is 7. The second-order valence-electron chi connectivity index (χ2n) is 9.27. The van der Waals surface area contributed by atoms with Gasteiger partial charge in [-0.25, -0.2) is 0 Å². The molecule has 0 spiro atoms. The van der Waals surface area contributed by atoms with E-state index in [1.165, 1.54) is 4.88 Å². The summed E-state index contributed by atoms with van der Waals surface area (Å²) in [4.78, 5) is 31.2. The summed E-state index contributed by atoms with van der Waals surface area (Å²) < 4.78 is 10.7. The first-order valence-corrected chi connectivity index (χ1v) is 13.7. The molecule has 2 aromatic carbocycles. The molecule has 1 aliphatic rings. The Morgan fingerprint density at radius 3 is 2.32 bits per heavy atom. The lowest BCUT2D eigenvalue weighted by Crippen LogP contribution is -2.53. The Bertz CT molecular complexity index is 1180. The molecule has 0 radical (unpaired) electrons. The van der Waals surface area contributed by atoms with Gasteiger partial charge in [-0.3, -0.25) is 14.5 Å². The lowest BCUT2D eigenvalue weighted by atomic mass is 10.0. The Morgan fingerprint density at radius 1 is 0.921 bits per heavy atom. The number of para-hydroxylation sites is 2. The highest BCUT2D eigenvalue weighted by Gasteiger charge is 2.32. The molecule has 202 valence electrons. The van der Waals surface area contributed by atoms with Crippen molar-refractivity contribution in [2.75, 3.05) is 51.8 Å². The molecule has 2 N–H and O–H groups in total. The summed E-state index contributed by atoms with van der Waals surface area (Å²) in [5.74, 6) is 0.430. The number of methoxy groups -OCH3 is 2. The number of nitrogens with zero attached hydrogens (tertiary/aromatic N) is 2. The summed E-state index contributed by atoms with van der Waals surface area (Å²) in [6, 6.07) is 19.6. The van der Waals surface area contributed by atoms with E-state index in [9.17, 15) is 9.59 Å². The second-order valence-corrected chi connectivity index (χ2v) is 10.3. The fourth-order valence-corrected chi connectivity index (χ4v) is 5.84. The Labute approximate surface area is 228 Å². The number of amides is 2. The lowest BCUT2D eigenvalue weighted by Gasteiger charge is -2.42. The van der Waals surface area contributed by atoms with Crippen molar-refractivity contribution in [1.82, 2.24) is 15.5 Å². The number of carbonyl (C=O) groups is 2. The van der Waals surface area contributed by atoms with E-state index in [1.54, 1.807) is 25.6 Å². The Hall–Kier alpha value is -3.56. The van der Waals surface area contributed by atoms with Gasteiger partial charge < -0.3 is 25.0 Å². The number of nitrogens with one attached hydrogen (secondary N) is 2. The number of ether oxygens (including phenoxy) is 2. The van der Waals surface area contributed by atoms with Gasteiger partial charge in [0, 0.05) is 43.6 Å². The summed E-state index contributed by atoms with van der Waals surface area (Å²) >= 11 is 1.67. The van der Waals surface area contributed by atoms with Gasteiger partial charge in [0.25, 0.3) is 0 Å². The van der Waals surface area contributed by atoms with E-state index in [-0.39, 0.29) is 12.1 Å². The fraction of sp³-hybridized carbons (Fsp3) is 0.379. The summed E-state index contributed by atoms with van der Waals surface area (Å²) in [5.41, 5.74) is 2.15. The zero-order valence-corrected chi connectivity index (χ0v) is 23.0. The standard InChI is InChI=1S/C29H36N4O4S/c1-21(31-29(35)28(34)30-15-14-22-10-12-23(36-2)13-11-22)27(26-9-6-20-38-26)33-18-16-32(17-19-33)24-7-4-5-8-25(24)37-3/h4-13,20-21,27H,14-19H2,1-3H3,(H,30,34)(H,31,35)/t21-,27-/m0/s1. The number of rotatable bonds is 10. The molecule has 0 aliphatic carbocycles. The number of piperazine rings is 1. The van der Waals surface area contributed by atoms with Crippen molar-refractivity contribution < 1.29 is 19.1 Å². The number of benzene rings is 2. The molecule has 8 nitrogen and oxygen atoms in total. The predicted molar refractivity (Wildman–Crippen MR) is 151 cm³/mol. The second kappa shape index (κ2) is 13.3. The minimum absolute atomic E-state index is 0.0223. The Morgan fingerprint density at radius 2 is 1.66 bits per heavy atom. The SMILES string of the molecule is COc1ccc(CCNC(=O)C(=O)N[C@@H](C)[C@@H](c2cccs2)N2CCN(c3ccccc3OC)CC2)cc1. The molecule has 1 fully saturated rings. The van der Waals surface area contributed by atoms with E-state index < -0.39 is 11.8 Å². The van der Waals surface area contributed by atoms with Gasteiger partial charge in [0.05, 0.1) is 25.9 Å². The van der Waals surface area contributed by atoms with Gasteiger partial charge in [-0.2, -0.15) is 0 Å². The zero-order chi connectivity index (χ0) is 26.9. The molecule has 3 aromatic rings. The fourth-order valence-electron chi connectivity index (χ4n) is 4.88. The van der Waals surface area contributed by atoms with Crippen molar-refractivity contribution in [1.29, 1.82) is 0 Å². The van der Waals surface area contributed by atoms with Gasteiger partial charge in [0.1, 0.15) is 11.5 Å². The number of hydrogen-bond donors (Lipinski definition) is 2. The van der Waals surface area contributed by atoms with Crippen LogP contribution >= 0.6 is 11.3 Å². The van der Waals surface area contributed by atoms with Crippen molar-refractivity contribution in [3.05, 3.63) is 76.5 Å². The number of carbonyl (C=O) groups excluding carboxylic acids is 2. The highest BCUT2D eigenvalue weighted by Crippen LogP contribution is 2.32. The molecule has 1 aliphatic heterocycles. The quantitative estimate of drug-likeness (QED) is 0.386. The van der Waals surface area contributed by atoms with Gasteiger partial charge in [-0.05, 0) is 54.6 Å². The van der Waals surface area contributed by atoms with Crippen LogP contribution in [0.5, 0.6) is 11.5 Å². The van der Waals surface area contributed by atoms with Crippen LogP contribution in [0.4, 0.5) is 5.69 Å². The van der Waals surface area contributed by atoms with Gasteiger partial charge in [0.15, 0.2) is 0 Å². The lowest BCUT2D eigenvalue weighted by molar-refractivity contribution is -0.139. The zero-order valence-electron chi connectivity index (χ0n) is 22.2. The highest BCUT2D eigenvalue weighted by atomic mass is 32.1. The molecule has 2 heterocycles. The van der Waals surface area contributed by atoms with E-state index in [0.29, 0.717) is 13.0 Å². The molecular weight excluding hydrogens is 500 g/mol. The summed E-state index contributed by atoms with van der Waals surface area (Å²) in [6.45, 7) is 5.69. The van der Waals surface area contributed by atoms with E-state index in [1.807, 2.05) is 60.8 Å². The van der Waals surface area contributed by atoms with Crippen molar-refractivity contribution >= 4 is 28.8 Å². The minimum atomic E-state index is -0.615. The number of anilines is 1. The Balaban J connectivity index is 1.33. The third-order valence-corrected chi connectivity index (χ3v) is 7.81. The molecule has 0 bridgehead atoms. The molecule has 0 unspecified atom stereocenters. The Kier molecular flexibility index (Phi) is 9.62. The molecule has 1 aromatic heterocycles. The first-order valence-electron chi connectivity index (χ1n) is 12.9.